The summed E-state index contributed by atoms with van der Waals surface area (Å²) in [6.07, 6.45) is 0. The maximum atomic E-state index is 12.7. The second kappa shape index (κ2) is 7.80. The third kappa shape index (κ3) is 4.28. The molecule has 1 saturated heterocycles. The highest BCUT2D eigenvalue weighted by Crippen LogP contribution is 2.17. The fourth-order valence-corrected chi connectivity index (χ4v) is 3.32. The van der Waals surface area contributed by atoms with E-state index in [-0.39, 0.29) is 17.4 Å². The predicted octanol–water partition coefficient (Wildman–Crippen LogP) is 2.94. The molecule has 1 aliphatic heterocycles. The van der Waals surface area contributed by atoms with Crippen molar-refractivity contribution in [2.24, 2.45) is 0 Å². The Bertz CT molecular complexity index is 905. The summed E-state index contributed by atoms with van der Waals surface area (Å²) in [7, 11) is 0. The molecule has 0 atom stereocenters. The first-order valence-corrected chi connectivity index (χ1v) is 8.92. The van der Waals surface area contributed by atoms with Crippen LogP contribution in [-0.2, 0) is 0 Å². The molecule has 0 spiro atoms. The van der Waals surface area contributed by atoms with E-state index in [2.05, 4.69) is 0 Å². The maximum Gasteiger partial charge on any atom is 0.335 e. The first-order valence-electron chi connectivity index (χ1n) is 8.54. The lowest BCUT2D eigenvalue weighted by atomic mass is 10.1. The van der Waals surface area contributed by atoms with Crippen LogP contribution in [0.15, 0.2) is 42.5 Å². The molecule has 0 bridgehead atoms. The van der Waals surface area contributed by atoms with E-state index in [0.717, 1.165) is 0 Å². The summed E-state index contributed by atoms with van der Waals surface area (Å²) in [5.41, 5.74) is 1.68. The van der Waals surface area contributed by atoms with Gasteiger partial charge in [0.1, 0.15) is 0 Å². The number of halogens is 1. The van der Waals surface area contributed by atoms with Crippen LogP contribution in [0.4, 0.5) is 0 Å². The van der Waals surface area contributed by atoms with E-state index in [1.165, 1.54) is 12.1 Å². The number of hydrogen-bond donors (Lipinski definition) is 1. The molecule has 1 aliphatic rings. The quantitative estimate of drug-likeness (QED) is 0.879. The van der Waals surface area contributed by atoms with Crippen molar-refractivity contribution in [3.8, 4) is 0 Å². The Balaban J connectivity index is 1.68. The number of aromatic carboxylic acids is 1. The molecule has 1 N–H and O–H groups in total. The lowest BCUT2D eigenvalue weighted by Gasteiger charge is -2.35. The van der Waals surface area contributed by atoms with Gasteiger partial charge in [0, 0.05) is 42.3 Å². The van der Waals surface area contributed by atoms with Gasteiger partial charge in [-0.1, -0.05) is 17.7 Å². The second-order valence-corrected chi connectivity index (χ2v) is 6.92. The number of hydrogen-bond acceptors (Lipinski definition) is 3. The van der Waals surface area contributed by atoms with Crippen molar-refractivity contribution in [3.63, 3.8) is 0 Å². The largest absolute Gasteiger partial charge is 0.478 e. The highest BCUT2D eigenvalue weighted by atomic mass is 35.5. The number of piperazine rings is 1. The molecule has 0 aliphatic carbocycles. The normalized spacial score (nSPS) is 14.1. The Kier molecular flexibility index (Phi) is 5.46. The smallest absolute Gasteiger partial charge is 0.335 e. The van der Waals surface area contributed by atoms with Crippen LogP contribution in [0.3, 0.4) is 0 Å². The lowest BCUT2D eigenvalue weighted by Crippen LogP contribution is -2.50. The Morgan fingerprint density at radius 3 is 1.96 bits per heavy atom. The Hall–Kier alpha value is -2.86. The summed E-state index contributed by atoms with van der Waals surface area (Å²) in [5, 5.41) is 9.67. The SMILES string of the molecule is Cc1cc(C(=O)O)cc(C(=O)N2CCN(C(=O)c3cccc(Cl)c3)CC2)c1. The Morgan fingerprint density at radius 1 is 0.852 bits per heavy atom. The third-order valence-electron chi connectivity index (χ3n) is 4.50. The summed E-state index contributed by atoms with van der Waals surface area (Å²) < 4.78 is 0. The highest BCUT2D eigenvalue weighted by Gasteiger charge is 2.26. The van der Waals surface area contributed by atoms with Crippen LogP contribution in [-0.4, -0.2) is 58.9 Å². The number of carbonyl (C=O) groups excluding carboxylic acids is 2. The zero-order valence-corrected chi connectivity index (χ0v) is 15.6. The maximum absolute atomic E-state index is 12.7. The molecule has 0 aromatic heterocycles. The molecule has 2 aromatic rings. The van der Waals surface area contributed by atoms with Gasteiger partial charge in [0.05, 0.1) is 5.56 Å². The van der Waals surface area contributed by atoms with Crippen LogP contribution in [0.25, 0.3) is 0 Å². The molecule has 3 rings (SSSR count). The number of amides is 2. The molecule has 2 amide bonds. The zero-order chi connectivity index (χ0) is 19.6. The molecule has 27 heavy (non-hydrogen) atoms. The third-order valence-corrected chi connectivity index (χ3v) is 4.73. The first kappa shape index (κ1) is 18.9. The summed E-state index contributed by atoms with van der Waals surface area (Å²) >= 11 is 5.94. The summed E-state index contributed by atoms with van der Waals surface area (Å²) in [6.45, 7) is 3.36. The van der Waals surface area contributed by atoms with Gasteiger partial charge in [-0.15, -0.1) is 0 Å². The minimum absolute atomic E-state index is 0.0909. The van der Waals surface area contributed by atoms with Gasteiger partial charge in [0.15, 0.2) is 0 Å². The highest BCUT2D eigenvalue weighted by molar-refractivity contribution is 6.30. The van der Waals surface area contributed by atoms with Crippen molar-refractivity contribution >= 4 is 29.4 Å². The van der Waals surface area contributed by atoms with Crippen molar-refractivity contribution in [1.29, 1.82) is 0 Å². The van der Waals surface area contributed by atoms with Crippen LogP contribution < -0.4 is 0 Å². The Morgan fingerprint density at radius 2 is 1.41 bits per heavy atom. The van der Waals surface area contributed by atoms with E-state index in [4.69, 9.17) is 11.6 Å². The van der Waals surface area contributed by atoms with E-state index in [9.17, 15) is 19.5 Å². The van der Waals surface area contributed by atoms with Gasteiger partial charge in [-0.05, 0) is 48.9 Å². The minimum atomic E-state index is -1.07. The number of nitrogens with zero attached hydrogens (tertiary/aromatic N) is 2. The number of carbonyl (C=O) groups is 3. The summed E-state index contributed by atoms with van der Waals surface area (Å²) in [6, 6.07) is 11.4. The number of rotatable bonds is 3. The van der Waals surface area contributed by atoms with Gasteiger partial charge < -0.3 is 14.9 Å². The number of benzene rings is 2. The van der Waals surface area contributed by atoms with Crippen molar-refractivity contribution < 1.29 is 19.5 Å². The van der Waals surface area contributed by atoms with E-state index >= 15 is 0 Å². The van der Waals surface area contributed by atoms with Gasteiger partial charge in [-0.2, -0.15) is 0 Å². The molecule has 140 valence electrons. The van der Waals surface area contributed by atoms with Gasteiger partial charge >= 0.3 is 5.97 Å². The van der Waals surface area contributed by atoms with Gasteiger partial charge in [-0.3, -0.25) is 9.59 Å². The van der Waals surface area contributed by atoms with E-state index in [1.807, 2.05) is 0 Å². The zero-order valence-electron chi connectivity index (χ0n) is 14.8. The van der Waals surface area contributed by atoms with E-state index in [1.54, 1.807) is 47.1 Å². The molecule has 1 heterocycles. The van der Waals surface area contributed by atoms with Crippen LogP contribution >= 0.6 is 11.6 Å². The minimum Gasteiger partial charge on any atom is -0.478 e. The molecule has 0 radical (unpaired) electrons. The number of carboxylic acid groups (broad SMARTS) is 1. The topological polar surface area (TPSA) is 77.9 Å². The molecular weight excluding hydrogens is 368 g/mol. The molecule has 7 heteroatoms. The fourth-order valence-electron chi connectivity index (χ4n) is 3.13. The first-order chi connectivity index (χ1) is 12.8. The predicted molar refractivity (Wildman–Crippen MR) is 101 cm³/mol. The standard InChI is InChI=1S/C20H19ClN2O4/c1-13-9-15(11-16(10-13)20(26)27)19(25)23-7-5-22(6-8-23)18(24)14-3-2-4-17(21)12-14/h2-4,9-12H,5-8H2,1H3,(H,26,27). The molecular formula is C20H19ClN2O4. The van der Waals surface area contributed by atoms with Crippen molar-refractivity contribution in [2.75, 3.05) is 26.2 Å². The second-order valence-electron chi connectivity index (χ2n) is 6.49. The molecule has 1 fully saturated rings. The number of carboxylic acids is 1. The van der Waals surface area contributed by atoms with Crippen molar-refractivity contribution in [3.05, 3.63) is 69.7 Å². The van der Waals surface area contributed by atoms with Gasteiger partial charge in [-0.25, -0.2) is 4.79 Å². The summed E-state index contributed by atoms with van der Waals surface area (Å²) in [5.74, 6) is -1.41. The molecule has 0 saturated carbocycles. The Labute approximate surface area is 162 Å². The monoisotopic (exact) mass is 386 g/mol. The fraction of sp³-hybridized carbons (Fsp3) is 0.250. The van der Waals surface area contributed by atoms with Gasteiger partial charge in [0.25, 0.3) is 11.8 Å². The van der Waals surface area contributed by atoms with E-state index in [0.29, 0.717) is 47.9 Å². The van der Waals surface area contributed by atoms with E-state index < -0.39 is 5.97 Å². The lowest BCUT2D eigenvalue weighted by molar-refractivity contribution is 0.0535. The molecule has 0 unspecified atom stereocenters. The number of aryl methyl sites for hydroxylation is 1. The molecule has 6 nitrogen and oxygen atoms in total. The van der Waals surface area contributed by atoms with Crippen LogP contribution in [0.5, 0.6) is 0 Å². The molecule has 2 aromatic carbocycles. The average molecular weight is 387 g/mol. The van der Waals surface area contributed by atoms with Crippen LogP contribution in [0.2, 0.25) is 5.02 Å². The van der Waals surface area contributed by atoms with Crippen molar-refractivity contribution in [2.45, 2.75) is 6.92 Å². The average Bonchev–Trinajstić information content (AvgIpc) is 2.66. The van der Waals surface area contributed by atoms with Crippen LogP contribution in [0.1, 0.15) is 36.6 Å². The van der Waals surface area contributed by atoms with Crippen LogP contribution in [0, 0.1) is 6.92 Å². The summed E-state index contributed by atoms with van der Waals surface area (Å²) in [4.78, 5) is 39.8. The van der Waals surface area contributed by atoms with Crippen molar-refractivity contribution in [1.82, 2.24) is 9.80 Å². The van der Waals surface area contributed by atoms with Gasteiger partial charge in [0.2, 0.25) is 0 Å².